The van der Waals surface area contributed by atoms with Crippen molar-refractivity contribution in [3.63, 3.8) is 0 Å². The van der Waals surface area contributed by atoms with Crippen molar-refractivity contribution >= 4 is 53.6 Å². The van der Waals surface area contributed by atoms with Crippen LogP contribution in [-0.2, 0) is 10.8 Å². The normalized spacial score (nSPS) is 23.3. The number of allylic oxidation sites excluding steroid dienone is 9. The van der Waals surface area contributed by atoms with Gasteiger partial charge in [-0.25, -0.2) is 0 Å². The lowest BCUT2D eigenvalue weighted by Gasteiger charge is -2.46. The molecule has 6 aliphatic heterocycles. The maximum Gasteiger partial charge on any atom is 0.420 e. The number of hydrogen-bond donors (Lipinski definition) is 0. The number of para-hydroxylation sites is 2. The van der Waals surface area contributed by atoms with Gasteiger partial charge in [-0.1, -0.05) is 150 Å². The molecule has 6 heterocycles. The molecule has 0 amide bonds. The highest BCUT2D eigenvalue weighted by molar-refractivity contribution is 6.85. The minimum absolute atomic E-state index is 0.0159. The van der Waals surface area contributed by atoms with Gasteiger partial charge in [0.05, 0.1) is 22.7 Å². The summed E-state index contributed by atoms with van der Waals surface area (Å²) in [6.07, 6.45) is 22.3. The van der Waals surface area contributed by atoms with E-state index in [2.05, 4.69) is 181 Å². The first-order chi connectivity index (χ1) is 26.3. The number of rotatable bonds is 2. The minimum Gasteiger partial charge on any atom is -0.383 e. The first-order valence-corrected chi connectivity index (χ1v) is 19.8. The van der Waals surface area contributed by atoms with Crippen LogP contribution in [0.3, 0.4) is 0 Å². The summed E-state index contributed by atoms with van der Waals surface area (Å²) in [6, 6.07) is 28.1. The molecule has 12 rings (SSSR count). The molecule has 260 valence electrons. The van der Waals surface area contributed by atoms with Gasteiger partial charge in [0.15, 0.2) is 0 Å². The van der Waals surface area contributed by atoms with Crippen LogP contribution in [0.2, 0.25) is 0 Å². The molecule has 4 nitrogen and oxygen atoms in total. The summed E-state index contributed by atoms with van der Waals surface area (Å²) in [7, 11) is 0. The third-order valence-corrected chi connectivity index (χ3v) is 13.9. The molecule has 0 fully saturated rings. The highest BCUT2D eigenvalue weighted by Crippen LogP contribution is 2.71. The number of nitrogens with zero attached hydrogens (tertiary/aromatic N) is 4. The molecule has 4 aromatic rings. The smallest absolute Gasteiger partial charge is 0.383 e. The van der Waals surface area contributed by atoms with E-state index in [-0.39, 0.29) is 30.8 Å². The molecule has 0 saturated carbocycles. The van der Waals surface area contributed by atoms with Crippen molar-refractivity contribution in [2.45, 2.75) is 63.3 Å². The van der Waals surface area contributed by atoms with Crippen LogP contribution >= 0.6 is 0 Å². The minimum atomic E-state index is -0.268. The van der Waals surface area contributed by atoms with Gasteiger partial charge < -0.3 is 19.2 Å². The largest absolute Gasteiger partial charge is 0.420 e. The summed E-state index contributed by atoms with van der Waals surface area (Å²) in [5.41, 5.74) is 20.4. The van der Waals surface area contributed by atoms with Crippen LogP contribution in [0, 0.1) is 0 Å². The lowest BCUT2D eigenvalue weighted by Crippen LogP contribution is -2.60. The fourth-order valence-electron chi connectivity index (χ4n) is 11.8. The third-order valence-electron chi connectivity index (χ3n) is 13.9. The second-order valence-corrected chi connectivity index (χ2v) is 17.2. The zero-order chi connectivity index (χ0) is 36.2. The Labute approximate surface area is 319 Å². The highest BCUT2D eigenvalue weighted by atomic mass is 15.4. The molecule has 0 N–H and O–H groups in total. The Morgan fingerprint density at radius 1 is 0.704 bits per heavy atom. The van der Waals surface area contributed by atoms with Gasteiger partial charge in [0.2, 0.25) is 0 Å². The second kappa shape index (κ2) is 10.3. The van der Waals surface area contributed by atoms with E-state index in [1.54, 1.807) is 0 Å². The van der Waals surface area contributed by atoms with Gasteiger partial charge in [0, 0.05) is 51.0 Å². The van der Waals surface area contributed by atoms with Gasteiger partial charge in [0.1, 0.15) is 0 Å². The van der Waals surface area contributed by atoms with Crippen molar-refractivity contribution in [1.82, 2.24) is 0 Å². The quantitative estimate of drug-likeness (QED) is 0.153. The van der Waals surface area contributed by atoms with E-state index in [9.17, 15) is 0 Å². The summed E-state index contributed by atoms with van der Waals surface area (Å²) in [4.78, 5) is 11.1. The average Bonchev–Trinajstić information content (AvgIpc) is 3.72. The Morgan fingerprint density at radius 2 is 1.33 bits per heavy atom. The van der Waals surface area contributed by atoms with E-state index < -0.39 is 0 Å². The molecule has 2 atom stereocenters. The number of anilines is 6. The second-order valence-electron chi connectivity index (χ2n) is 17.2. The molecule has 2 aliphatic carbocycles. The first-order valence-electron chi connectivity index (χ1n) is 19.8. The molecular formula is C48H42B2N4. The van der Waals surface area contributed by atoms with Crippen LogP contribution in [0.15, 0.2) is 157 Å². The van der Waals surface area contributed by atoms with E-state index in [1.807, 2.05) is 6.08 Å². The van der Waals surface area contributed by atoms with E-state index >= 15 is 0 Å². The summed E-state index contributed by atoms with van der Waals surface area (Å²) in [6.45, 7) is 14.1. The van der Waals surface area contributed by atoms with Gasteiger partial charge in [-0.2, -0.15) is 0 Å². The fraction of sp³-hybridized carbons (Fsp3) is 0.208. The SMILES string of the molecule is C=C/C=C\C1=CB2N3c4ccccc4C(C)(C)c4c5c6c(c(c43)N2[C@@H]2CC=CC=C12)C(C)(C)c1ccccc1N6B1c2ccccc2C2CC=CC=C2N15. The van der Waals surface area contributed by atoms with Crippen molar-refractivity contribution in [3.05, 3.63) is 185 Å². The van der Waals surface area contributed by atoms with Crippen LogP contribution in [0.25, 0.3) is 0 Å². The van der Waals surface area contributed by atoms with Crippen molar-refractivity contribution in [1.29, 1.82) is 0 Å². The Morgan fingerprint density at radius 3 is 2.11 bits per heavy atom. The lowest BCUT2D eigenvalue weighted by atomic mass is 9.56. The Kier molecular flexibility index (Phi) is 5.89. The molecular weight excluding hydrogens is 654 g/mol. The molecule has 1 unspecified atom stereocenters. The molecule has 4 aromatic carbocycles. The monoisotopic (exact) mass is 696 g/mol. The number of fused-ring (bicyclic) bond motifs is 19. The van der Waals surface area contributed by atoms with Gasteiger partial charge in [0.25, 0.3) is 0 Å². The Balaban J connectivity index is 1.27. The highest BCUT2D eigenvalue weighted by Gasteiger charge is 2.62. The van der Waals surface area contributed by atoms with Crippen LogP contribution in [0.5, 0.6) is 0 Å². The van der Waals surface area contributed by atoms with Gasteiger partial charge in [-0.05, 0) is 64.3 Å². The van der Waals surface area contributed by atoms with Crippen LogP contribution in [0.1, 0.15) is 74.3 Å². The van der Waals surface area contributed by atoms with Crippen LogP contribution in [-0.4, -0.2) is 20.0 Å². The van der Waals surface area contributed by atoms with Crippen molar-refractivity contribution < 1.29 is 0 Å². The fourth-order valence-corrected chi connectivity index (χ4v) is 11.8. The zero-order valence-electron chi connectivity index (χ0n) is 31.4. The summed E-state index contributed by atoms with van der Waals surface area (Å²) < 4.78 is 0. The maximum absolute atomic E-state index is 4.04. The zero-order valence-corrected chi connectivity index (χ0v) is 31.4. The van der Waals surface area contributed by atoms with Crippen molar-refractivity contribution in [2.75, 3.05) is 19.2 Å². The maximum atomic E-state index is 4.04. The van der Waals surface area contributed by atoms with Crippen molar-refractivity contribution in [2.24, 2.45) is 0 Å². The van der Waals surface area contributed by atoms with Gasteiger partial charge >= 0.3 is 14.0 Å². The van der Waals surface area contributed by atoms with Crippen LogP contribution in [0.4, 0.5) is 34.1 Å². The summed E-state index contributed by atoms with van der Waals surface area (Å²) in [5.74, 6) is 2.85. The standard InChI is InChI=1S/C48H42B2N4/c1-6-7-18-30-29-49-51(37-25-14-9-19-31(30)37)43-41-46-45(42-44(43)52(49)39-27-16-11-22-34(39)47(42,2)3)53-38-26-15-10-21-33(38)32-20-8-13-24-36(32)50(53)54(46)40-28-17-12-23-35(40)48(41,4)5/h6-20,22-24,26-29,33,37H,1,21,25H2,2-5H3/b18-7-/t33?,37-/m1/s1. The average molecular weight is 697 g/mol. The van der Waals surface area contributed by atoms with Crippen LogP contribution < -0.4 is 24.7 Å². The molecule has 54 heavy (non-hydrogen) atoms. The van der Waals surface area contributed by atoms with E-state index in [0.29, 0.717) is 5.92 Å². The van der Waals surface area contributed by atoms with Gasteiger partial charge in [-0.15, -0.1) is 0 Å². The number of benzene rings is 4. The van der Waals surface area contributed by atoms with E-state index in [4.69, 9.17) is 0 Å². The molecule has 0 saturated heterocycles. The topological polar surface area (TPSA) is 13.0 Å². The molecule has 8 aliphatic rings. The first kappa shape index (κ1) is 30.8. The predicted octanol–water partition coefficient (Wildman–Crippen LogP) is 10.2. The van der Waals surface area contributed by atoms with E-state index in [0.717, 1.165) is 12.8 Å². The lowest BCUT2D eigenvalue weighted by molar-refractivity contribution is 0.620. The summed E-state index contributed by atoms with van der Waals surface area (Å²) in [5, 5.41) is 0. The molecule has 0 spiro atoms. The van der Waals surface area contributed by atoms with Gasteiger partial charge in [-0.3, -0.25) is 0 Å². The predicted molar refractivity (Wildman–Crippen MR) is 228 cm³/mol. The Bertz CT molecular complexity index is 2600. The number of hydrogen-bond acceptors (Lipinski definition) is 4. The molecule has 6 heteroatoms. The third kappa shape index (κ3) is 3.49. The van der Waals surface area contributed by atoms with E-state index in [1.165, 1.54) is 84.2 Å². The summed E-state index contributed by atoms with van der Waals surface area (Å²) >= 11 is 0. The Hall–Kier alpha value is -5.61. The molecule has 0 aromatic heterocycles. The van der Waals surface area contributed by atoms with Crippen molar-refractivity contribution in [3.8, 4) is 0 Å². The molecule has 0 bridgehead atoms. The molecule has 0 radical (unpaired) electrons.